The molecule has 28 heavy (non-hydrogen) atoms. The van der Waals surface area contributed by atoms with Gasteiger partial charge in [0.25, 0.3) is 0 Å². The van der Waals surface area contributed by atoms with E-state index in [1.807, 2.05) is 6.92 Å². The molecule has 0 spiro atoms. The van der Waals surface area contributed by atoms with Crippen LogP contribution in [0.2, 0.25) is 0 Å². The van der Waals surface area contributed by atoms with Crippen LogP contribution in [-0.2, 0) is 9.59 Å². The lowest BCUT2D eigenvalue weighted by Crippen LogP contribution is -2.58. The van der Waals surface area contributed by atoms with Gasteiger partial charge in [0.05, 0.1) is 5.41 Å². The van der Waals surface area contributed by atoms with E-state index in [1.165, 1.54) is 5.57 Å². The minimum absolute atomic E-state index is 0.0526. The molecule has 4 aliphatic rings. The van der Waals surface area contributed by atoms with Crippen LogP contribution >= 0.6 is 0 Å². The molecule has 0 aromatic heterocycles. The number of carboxylic acid groups (broad SMARTS) is 1. The lowest BCUT2D eigenvalue weighted by atomic mass is 9.40. The van der Waals surface area contributed by atoms with Gasteiger partial charge < -0.3 is 10.0 Å². The Bertz CT molecular complexity index is 740. The summed E-state index contributed by atoms with van der Waals surface area (Å²) in [5, 5.41) is 10.1. The molecule has 4 rings (SSSR count). The molecule has 0 saturated heterocycles. The number of amides is 1. The molecule has 0 bridgehead atoms. The second-order valence-corrected chi connectivity index (χ2v) is 11.2. The van der Waals surface area contributed by atoms with Crippen molar-refractivity contribution in [2.45, 2.75) is 79.6 Å². The van der Waals surface area contributed by atoms with Crippen LogP contribution in [0.3, 0.4) is 0 Å². The van der Waals surface area contributed by atoms with Gasteiger partial charge in [-0.15, -0.1) is 0 Å². The van der Waals surface area contributed by atoms with E-state index < -0.39 is 11.4 Å². The predicted octanol–water partition coefficient (Wildman–Crippen LogP) is 4.89. The number of aliphatic carboxylic acids is 1. The summed E-state index contributed by atoms with van der Waals surface area (Å²) >= 11 is 0. The number of carboxylic acids is 1. The van der Waals surface area contributed by atoms with Gasteiger partial charge >= 0.3 is 5.97 Å². The van der Waals surface area contributed by atoms with Crippen LogP contribution in [0, 0.1) is 34.0 Å². The summed E-state index contributed by atoms with van der Waals surface area (Å²) < 4.78 is 0. The van der Waals surface area contributed by atoms with Crippen molar-refractivity contribution in [3.8, 4) is 0 Å². The zero-order valence-corrected chi connectivity index (χ0v) is 18.3. The smallest absolute Gasteiger partial charge is 0.309 e. The quantitative estimate of drug-likeness (QED) is 0.750. The van der Waals surface area contributed by atoms with Gasteiger partial charge in [0.2, 0.25) is 5.91 Å². The molecular formula is C24H37NO3. The van der Waals surface area contributed by atoms with Crippen LogP contribution in [0.1, 0.15) is 79.6 Å². The van der Waals surface area contributed by atoms with Gasteiger partial charge in [-0.3, -0.25) is 9.59 Å². The highest BCUT2D eigenvalue weighted by atomic mass is 16.4. The van der Waals surface area contributed by atoms with Crippen molar-refractivity contribution in [1.29, 1.82) is 0 Å². The predicted molar refractivity (Wildman–Crippen MR) is 110 cm³/mol. The summed E-state index contributed by atoms with van der Waals surface area (Å²) in [6.07, 6.45) is 6.87. The number of hydrogen-bond donors (Lipinski definition) is 1. The van der Waals surface area contributed by atoms with Gasteiger partial charge in [-0.2, -0.15) is 0 Å². The van der Waals surface area contributed by atoms with E-state index in [9.17, 15) is 14.7 Å². The SMILES string of the molecule is CC(C)CN1CC2=C(CCC3C2(C)CCC2C(C)(C(=O)O)CCCC23C)C1=O. The van der Waals surface area contributed by atoms with Crippen molar-refractivity contribution in [2.75, 3.05) is 13.1 Å². The Balaban J connectivity index is 1.70. The molecule has 2 saturated carbocycles. The lowest BCUT2D eigenvalue weighted by molar-refractivity contribution is -0.175. The summed E-state index contributed by atoms with van der Waals surface area (Å²) in [6.45, 7) is 12.8. The second-order valence-electron chi connectivity index (χ2n) is 11.2. The van der Waals surface area contributed by atoms with Crippen molar-refractivity contribution in [1.82, 2.24) is 4.90 Å². The molecule has 1 N–H and O–H groups in total. The van der Waals surface area contributed by atoms with Crippen LogP contribution in [-0.4, -0.2) is 35.0 Å². The number of carbonyl (C=O) groups is 2. The molecule has 1 heterocycles. The number of carbonyl (C=O) groups excluding carboxylic acids is 1. The average Bonchev–Trinajstić information content (AvgIpc) is 2.91. The van der Waals surface area contributed by atoms with Gasteiger partial charge in [-0.05, 0) is 79.6 Å². The van der Waals surface area contributed by atoms with Crippen molar-refractivity contribution >= 4 is 11.9 Å². The van der Waals surface area contributed by atoms with Gasteiger partial charge in [-0.25, -0.2) is 0 Å². The summed E-state index contributed by atoms with van der Waals surface area (Å²) in [7, 11) is 0. The molecule has 2 fully saturated rings. The number of rotatable bonds is 3. The average molecular weight is 388 g/mol. The monoisotopic (exact) mass is 387 g/mol. The molecule has 1 aliphatic heterocycles. The maximum atomic E-state index is 13.0. The van der Waals surface area contributed by atoms with E-state index in [-0.39, 0.29) is 22.7 Å². The first-order valence-corrected chi connectivity index (χ1v) is 11.3. The van der Waals surface area contributed by atoms with Gasteiger partial charge in [0.15, 0.2) is 0 Å². The van der Waals surface area contributed by atoms with E-state index in [1.54, 1.807) is 0 Å². The highest BCUT2D eigenvalue weighted by Gasteiger charge is 2.63. The molecule has 156 valence electrons. The minimum Gasteiger partial charge on any atom is -0.481 e. The maximum Gasteiger partial charge on any atom is 0.309 e. The lowest BCUT2D eigenvalue weighted by Gasteiger charge is -2.63. The van der Waals surface area contributed by atoms with E-state index in [2.05, 4.69) is 32.6 Å². The Morgan fingerprint density at radius 2 is 1.86 bits per heavy atom. The zero-order chi connectivity index (χ0) is 20.5. The summed E-state index contributed by atoms with van der Waals surface area (Å²) in [6, 6.07) is 0. The maximum absolute atomic E-state index is 13.0. The van der Waals surface area contributed by atoms with E-state index in [0.29, 0.717) is 11.8 Å². The van der Waals surface area contributed by atoms with Crippen LogP contribution in [0.25, 0.3) is 0 Å². The molecule has 0 aromatic rings. The van der Waals surface area contributed by atoms with Crippen molar-refractivity contribution < 1.29 is 14.7 Å². The van der Waals surface area contributed by atoms with Crippen molar-refractivity contribution in [3.63, 3.8) is 0 Å². The molecule has 0 aromatic carbocycles. The number of fused-ring (bicyclic) bond motifs is 4. The standard InChI is InChI=1S/C24H37NO3/c1-15(2)13-25-14-17-16(20(25)26)7-8-18-22(17,3)12-9-19-23(18,4)10-6-11-24(19,5)21(27)28/h15,18-19H,6-14H2,1-5H3,(H,27,28). The van der Waals surface area contributed by atoms with E-state index in [4.69, 9.17) is 0 Å². The largest absolute Gasteiger partial charge is 0.481 e. The minimum atomic E-state index is -0.609. The third-order valence-electron chi connectivity index (χ3n) is 9.20. The first-order chi connectivity index (χ1) is 13.0. The first kappa shape index (κ1) is 20.0. The molecular weight excluding hydrogens is 350 g/mol. The van der Waals surface area contributed by atoms with Gasteiger partial charge in [0.1, 0.15) is 0 Å². The molecule has 5 unspecified atom stereocenters. The second kappa shape index (κ2) is 6.34. The Morgan fingerprint density at radius 1 is 1.14 bits per heavy atom. The summed E-state index contributed by atoms with van der Waals surface area (Å²) in [4.78, 5) is 27.3. The molecule has 4 heteroatoms. The topological polar surface area (TPSA) is 57.6 Å². The summed E-state index contributed by atoms with van der Waals surface area (Å²) in [5.41, 5.74) is 2.01. The summed E-state index contributed by atoms with van der Waals surface area (Å²) in [5.74, 6) is 0.881. The Hall–Kier alpha value is -1.32. The van der Waals surface area contributed by atoms with E-state index >= 15 is 0 Å². The fraction of sp³-hybridized carbons (Fsp3) is 0.833. The first-order valence-electron chi connectivity index (χ1n) is 11.3. The highest BCUT2D eigenvalue weighted by Crippen LogP contribution is 2.68. The van der Waals surface area contributed by atoms with Gasteiger partial charge in [0, 0.05) is 18.7 Å². The normalized spacial score (nSPS) is 43.1. The molecule has 4 nitrogen and oxygen atoms in total. The Labute approximate surface area is 169 Å². The molecule has 3 aliphatic carbocycles. The fourth-order valence-corrected chi connectivity index (χ4v) is 7.93. The fourth-order valence-electron chi connectivity index (χ4n) is 7.93. The van der Waals surface area contributed by atoms with Crippen molar-refractivity contribution in [3.05, 3.63) is 11.1 Å². The highest BCUT2D eigenvalue weighted by molar-refractivity contribution is 5.97. The molecule has 1 amide bonds. The molecule has 0 radical (unpaired) electrons. The number of nitrogens with zero attached hydrogens (tertiary/aromatic N) is 1. The van der Waals surface area contributed by atoms with E-state index in [0.717, 1.165) is 63.6 Å². The van der Waals surface area contributed by atoms with Crippen LogP contribution in [0.5, 0.6) is 0 Å². The third-order valence-corrected chi connectivity index (χ3v) is 9.20. The molecule has 5 atom stereocenters. The van der Waals surface area contributed by atoms with Gasteiger partial charge in [-0.1, -0.05) is 34.1 Å². The van der Waals surface area contributed by atoms with Crippen LogP contribution in [0.15, 0.2) is 11.1 Å². The van der Waals surface area contributed by atoms with Crippen LogP contribution in [0.4, 0.5) is 0 Å². The van der Waals surface area contributed by atoms with Crippen molar-refractivity contribution in [2.24, 2.45) is 34.0 Å². The third kappa shape index (κ3) is 2.55. The zero-order valence-electron chi connectivity index (χ0n) is 18.3. The van der Waals surface area contributed by atoms with Crippen LogP contribution < -0.4 is 0 Å². The number of hydrogen-bond acceptors (Lipinski definition) is 2. The Kier molecular flexibility index (Phi) is 4.52. The Morgan fingerprint density at radius 3 is 2.50 bits per heavy atom.